The molecule has 0 radical (unpaired) electrons. The van der Waals surface area contributed by atoms with Gasteiger partial charge in [-0.3, -0.25) is 9.69 Å². The maximum atomic E-state index is 13.4. The summed E-state index contributed by atoms with van der Waals surface area (Å²) in [5.41, 5.74) is -0.675. The van der Waals surface area contributed by atoms with Crippen molar-refractivity contribution < 1.29 is 31.3 Å². The zero-order valence-electron chi connectivity index (χ0n) is 16.6. The zero-order valence-corrected chi connectivity index (χ0v) is 16.6. The maximum absolute atomic E-state index is 13.4. The second-order valence-corrected chi connectivity index (χ2v) is 7.32. The Balaban J connectivity index is 1.36. The number of rotatable bonds is 4. The Morgan fingerprint density at radius 2 is 1.69 bits per heavy atom. The van der Waals surface area contributed by atoms with E-state index >= 15 is 0 Å². The summed E-state index contributed by atoms with van der Waals surface area (Å²) >= 11 is 0. The second kappa shape index (κ2) is 8.65. The van der Waals surface area contributed by atoms with Crippen molar-refractivity contribution in [2.45, 2.75) is 12.7 Å². The molecule has 168 valence electrons. The molecule has 1 aliphatic heterocycles. The molecule has 2 heterocycles. The van der Waals surface area contributed by atoms with Gasteiger partial charge in [0.05, 0.1) is 12.1 Å². The Hall–Kier alpha value is -3.34. The predicted octanol–water partition coefficient (Wildman–Crippen LogP) is 3.99. The number of hydrogen-bond donors (Lipinski definition) is 0. The highest BCUT2D eigenvalue weighted by Gasteiger charge is 2.31. The first-order valence-corrected chi connectivity index (χ1v) is 9.67. The van der Waals surface area contributed by atoms with Gasteiger partial charge in [0.15, 0.2) is 0 Å². The van der Waals surface area contributed by atoms with E-state index in [0.29, 0.717) is 32.2 Å². The van der Waals surface area contributed by atoms with Crippen LogP contribution in [-0.4, -0.2) is 52.0 Å². The molecule has 1 saturated heterocycles. The van der Waals surface area contributed by atoms with Crippen LogP contribution in [0, 0.1) is 11.6 Å². The number of carbonyl (C=O) groups excluding carboxylic acids is 1. The molecule has 0 bridgehead atoms. The minimum Gasteiger partial charge on any atom is -0.338 e. The van der Waals surface area contributed by atoms with Gasteiger partial charge < -0.3 is 9.42 Å². The van der Waals surface area contributed by atoms with E-state index in [4.69, 9.17) is 4.52 Å². The molecule has 11 heteroatoms. The molecule has 0 N–H and O–H groups in total. The van der Waals surface area contributed by atoms with Gasteiger partial charge in [-0.25, -0.2) is 8.78 Å². The van der Waals surface area contributed by atoms with Gasteiger partial charge in [-0.15, -0.1) is 0 Å². The Morgan fingerprint density at radius 1 is 1.00 bits per heavy atom. The minimum absolute atomic E-state index is 0.0491. The molecule has 4 rings (SSSR count). The fourth-order valence-electron chi connectivity index (χ4n) is 3.43. The Labute approximate surface area is 179 Å². The summed E-state index contributed by atoms with van der Waals surface area (Å²) in [6.45, 7) is 1.80. The quantitative estimate of drug-likeness (QED) is 0.561. The fourth-order valence-corrected chi connectivity index (χ4v) is 3.43. The van der Waals surface area contributed by atoms with Crippen LogP contribution in [0.3, 0.4) is 0 Å². The largest absolute Gasteiger partial charge is 0.416 e. The third kappa shape index (κ3) is 4.93. The summed E-state index contributed by atoms with van der Waals surface area (Å²) in [6.07, 6.45) is -4.48. The van der Waals surface area contributed by atoms with Crippen LogP contribution in [0.15, 0.2) is 47.0 Å². The van der Waals surface area contributed by atoms with E-state index in [1.807, 2.05) is 4.90 Å². The fraction of sp³-hybridized carbons (Fsp3) is 0.286. The lowest BCUT2D eigenvalue weighted by Gasteiger charge is -2.34. The zero-order chi connectivity index (χ0) is 22.9. The predicted molar refractivity (Wildman–Crippen MR) is 102 cm³/mol. The molecule has 0 saturated carbocycles. The highest BCUT2D eigenvalue weighted by molar-refractivity contribution is 5.94. The number of hydrogen-bond acceptors (Lipinski definition) is 5. The minimum atomic E-state index is -4.48. The van der Waals surface area contributed by atoms with Crippen LogP contribution in [0.4, 0.5) is 22.0 Å². The lowest BCUT2D eigenvalue weighted by molar-refractivity contribution is -0.137. The highest BCUT2D eigenvalue weighted by atomic mass is 19.4. The Kier molecular flexibility index (Phi) is 5.92. The van der Waals surface area contributed by atoms with Crippen LogP contribution in [0.5, 0.6) is 0 Å². The van der Waals surface area contributed by atoms with Crippen LogP contribution in [-0.2, 0) is 12.7 Å². The van der Waals surface area contributed by atoms with Crippen molar-refractivity contribution in [1.29, 1.82) is 0 Å². The van der Waals surface area contributed by atoms with E-state index < -0.39 is 29.3 Å². The molecule has 0 unspecified atom stereocenters. The number of carbonyl (C=O) groups is 1. The number of aromatic nitrogens is 2. The lowest BCUT2D eigenvalue weighted by Crippen LogP contribution is -2.48. The average Bonchev–Trinajstić information content (AvgIpc) is 3.21. The SMILES string of the molecule is O=C(c1cc(F)cc(F)c1)N1CCN(Cc2nc(-c3cccc(C(F)(F)F)c3)no2)CC1. The summed E-state index contributed by atoms with van der Waals surface area (Å²) in [7, 11) is 0. The van der Waals surface area contributed by atoms with Crippen molar-refractivity contribution in [3.05, 3.63) is 71.1 Å². The summed E-state index contributed by atoms with van der Waals surface area (Å²) in [6, 6.07) is 7.33. The van der Waals surface area contributed by atoms with Crippen LogP contribution in [0.2, 0.25) is 0 Å². The third-order valence-electron chi connectivity index (χ3n) is 5.04. The summed E-state index contributed by atoms with van der Waals surface area (Å²) in [5.74, 6) is -1.83. The molecular formula is C21H17F5N4O2. The highest BCUT2D eigenvalue weighted by Crippen LogP contribution is 2.31. The van der Waals surface area contributed by atoms with E-state index in [2.05, 4.69) is 10.1 Å². The van der Waals surface area contributed by atoms with Crippen molar-refractivity contribution in [2.24, 2.45) is 0 Å². The average molecular weight is 452 g/mol. The summed E-state index contributed by atoms with van der Waals surface area (Å²) in [4.78, 5) is 20.1. The molecular weight excluding hydrogens is 435 g/mol. The maximum Gasteiger partial charge on any atom is 0.416 e. The van der Waals surface area contributed by atoms with Gasteiger partial charge in [-0.1, -0.05) is 17.3 Å². The number of amides is 1. The molecule has 0 spiro atoms. The molecule has 6 nitrogen and oxygen atoms in total. The molecule has 0 atom stereocenters. The summed E-state index contributed by atoms with van der Waals surface area (Å²) in [5, 5.41) is 3.76. The number of alkyl halides is 3. The number of nitrogens with zero attached hydrogens (tertiary/aromatic N) is 4. The van der Waals surface area contributed by atoms with Gasteiger partial charge in [0.25, 0.3) is 5.91 Å². The molecule has 32 heavy (non-hydrogen) atoms. The Bertz CT molecular complexity index is 1100. The molecule has 1 amide bonds. The molecule has 2 aromatic carbocycles. The van der Waals surface area contributed by atoms with Crippen molar-refractivity contribution in [1.82, 2.24) is 19.9 Å². The number of piperazine rings is 1. The van der Waals surface area contributed by atoms with Crippen LogP contribution in [0.25, 0.3) is 11.4 Å². The molecule has 3 aromatic rings. The smallest absolute Gasteiger partial charge is 0.338 e. The van der Waals surface area contributed by atoms with E-state index in [1.54, 1.807) is 0 Å². The monoisotopic (exact) mass is 452 g/mol. The number of halogens is 5. The molecule has 1 aromatic heterocycles. The van der Waals surface area contributed by atoms with Gasteiger partial charge in [-0.05, 0) is 24.3 Å². The first-order chi connectivity index (χ1) is 15.2. The van der Waals surface area contributed by atoms with Gasteiger partial charge >= 0.3 is 6.18 Å². The van der Waals surface area contributed by atoms with Crippen molar-refractivity contribution in [2.75, 3.05) is 26.2 Å². The van der Waals surface area contributed by atoms with Gasteiger partial charge in [-0.2, -0.15) is 18.2 Å². The molecule has 0 aliphatic carbocycles. The van der Waals surface area contributed by atoms with Crippen molar-refractivity contribution >= 4 is 5.91 Å². The standard InChI is InChI=1S/C21H17F5N4O2/c22-16-9-14(10-17(23)11-16)20(31)30-6-4-29(5-7-30)12-18-27-19(28-32-18)13-2-1-3-15(8-13)21(24,25)26/h1-3,8-11H,4-7,12H2. The second-order valence-electron chi connectivity index (χ2n) is 7.32. The summed E-state index contributed by atoms with van der Waals surface area (Å²) < 4.78 is 70.6. The third-order valence-corrected chi connectivity index (χ3v) is 5.04. The first kappa shape index (κ1) is 21.9. The van der Waals surface area contributed by atoms with Crippen molar-refractivity contribution in [3.63, 3.8) is 0 Å². The van der Waals surface area contributed by atoms with E-state index in [1.165, 1.54) is 17.0 Å². The topological polar surface area (TPSA) is 62.5 Å². The lowest BCUT2D eigenvalue weighted by atomic mass is 10.1. The van der Waals surface area contributed by atoms with Crippen LogP contribution < -0.4 is 0 Å². The van der Waals surface area contributed by atoms with E-state index in [-0.39, 0.29) is 29.4 Å². The van der Waals surface area contributed by atoms with E-state index in [9.17, 15) is 26.7 Å². The normalized spacial score (nSPS) is 15.2. The Morgan fingerprint density at radius 3 is 2.34 bits per heavy atom. The van der Waals surface area contributed by atoms with E-state index in [0.717, 1.165) is 24.3 Å². The van der Waals surface area contributed by atoms with Crippen molar-refractivity contribution in [3.8, 4) is 11.4 Å². The molecule has 1 aliphatic rings. The molecule has 1 fully saturated rings. The van der Waals surface area contributed by atoms with Gasteiger partial charge in [0, 0.05) is 43.4 Å². The first-order valence-electron chi connectivity index (χ1n) is 9.67. The van der Waals surface area contributed by atoms with Gasteiger partial charge in [0.1, 0.15) is 11.6 Å². The number of benzene rings is 2. The van der Waals surface area contributed by atoms with Crippen LogP contribution >= 0.6 is 0 Å². The van der Waals surface area contributed by atoms with Crippen LogP contribution in [0.1, 0.15) is 21.8 Å². The van der Waals surface area contributed by atoms with Gasteiger partial charge in [0.2, 0.25) is 11.7 Å².